The zero-order valence-corrected chi connectivity index (χ0v) is 15.9. The topological polar surface area (TPSA) is 75.9 Å². The molecule has 2 aromatic carbocycles. The van der Waals surface area contributed by atoms with Gasteiger partial charge in [0.2, 0.25) is 5.91 Å². The molecule has 27 heavy (non-hydrogen) atoms. The Bertz CT molecular complexity index is 749. The van der Waals surface area contributed by atoms with Crippen LogP contribution < -0.4 is 20.3 Å². The third-order valence-corrected chi connectivity index (χ3v) is 4.24. The highest BCUT2D eigenvalue weighted by molar-refractivity contribution is 5.96. The SMILES string of the molecule is CCCCN(C(=O)CN)c1ccccc1OCC(=O)N(C)c1ccccc1. The number of hydrogen-bond acceptors (Lipinski definition) is 4. The Morgan fingerprint density at radius 2 is 1.67 bits per heavy atom. The fraction of sp³-hybridized carbons (Fsp3) is 0.333. The number of rotatable bonds is 9. The predicted molar refractivity (Wildman–Crippen MR) is 108 cm³/mol. The lowest BCUT2D eigenvalue weighted by Crippen LogP contribution is -2.37. The third-order valence-electron chi connectivity index (χ3n) is 4.24. The van der Waals surface area contributed by atoms with Crippen LogP contribution in [0.4, 0.5) is 11.4 Å². The molecule has 0 aromatic heterocycles. The maximum absolute atomic E-state index is 12.5. The van der Waals surface area contributed by atoms with E-state index in [1.807, 2.05) is 48.5 Å². The van der Waals surface area contributed by atoms with Crippen LogP contribution in [0.1, 0.15) is 19.8 Å². The summed E-state index contributed by atoms with van der Waals surface area (Å²) in [7, 11) is 1.71. The zero-order chi connectivity index (χ0) is 19.6. The Morgan fingerprint density at radius 3 is 2.33 bits per heavy atom. The summed E-state index contributed by atoms with van der Waals surface area (Å²) >= 11 is 0. The summed E-state index contributed by atoms with van der Waals surface area (Å²) < 4.78 is 5.77. The highest BCUT2D eigenvalue weighted by atomic mass is 16.5. The first kappa shape index (κ1) is 20.5. The number of para-hydroxylation sites is 3. The van der Waals surface area contributed by atoms with Gasteiger partial charge in [0.25, 0.3) is 5.91 Å². The monoisotopic (exact) mass is 369 g/mol. The molecule has 2 rings (SSSR count). The van der Waals surface area contributed by atoms with E-state index >= 15 is 0 Å². The molecule has 0 bridgehead atoms. The molecule has 0 aliphatic heterocycles. The van der Waals surface area contributed by atoms with Gasteiger partial charge >= 0.3 is 0 Å². The number of anilines is 2. The molecular formula is C21H27N3O3. The largest absolute Gasteiger partial charge is 0.482 e. The smallest absolute Gasteiger partial charge is 0.264 e. The molecule has 6 nitrogen and oxygen atoms in total. The van der Waals surface area contributed by atoms with E-state index in [4.69, 9.17) is 10.5 Å². The Balaban J connectivity index is 2.12. The van der Waals surface area contributed by atoms with Gasteiger partial charge in [-0.05, 0) is 30.7 Å². The van der Waals surface area contributed by atoms with E-state index in [9.17, 15) is 9.59 Å². The first-order chi connectivity index (χ1) is 13.1. The number of unbranched alkanes of at least 4 members (excludes halogenated alkanes) is 1. The highest BCUT2D eigenvalue weighted by Gasteiger charge is 2.19. The van der Waals surface area contributed by atoms with Gasteiger partial charge in [0.05, 0.1) is 12.2 Å². The third kappa shape index (κ3) is 5.56. The molecule has 2 amide bonds. The maximum Gasteiger partial charge on any atom is 0.264 e. The predicted octanol–water partition coefficient (Wildman–Crippen LogP) is 2.82. The molecule has 6 heteroatoms. The molecule has 0 unspecified atom stereocenters. The summed E-state index contributed by atoms with van der Waals surface area (Å²) in [6.45, 7) is 2.42. The van der Waals surface area contributed by atoms with Crippen LogP contribution in [-0.4, -0.2) is 38.6 Å². The zero-order valence-electron chi connectivity index (χ0n) is 15.9. The number of amides is 2. The van der Waals surface area contributed by atoms with Gasteiger partial charge in [-0.2, -0.15) is 0 Å². The van der Waals surface area contributed by atoms with E-state index in [0.29, 0.717) is 18.0 Å². The van der Waals surface area contributed by atoms with Gasteiger partial charge in [-0.25, -0.2) is 0 Å². The molecule has 0 atom stereocenters. The van der Waals surface area contributed by atoms with E-state index in [0.717, 1.165) is 18.5 Å². The van der Waals surface area contributed by atoms with Gasteiger partial charge < -0.3 is 20.3 Å². The molecular weight excluding hydrogens is 342 g/mol. The normalized spacial score (nSPS) is 10.3. The van der Waals surface area contributed by atoms with Crippen LogP contribution in [0.3, 0.4) is 0 Å². The fourth-order valence-corrected chi connectivity index (χ4v) is 2.64. The molecule has 0 heterocycles. The lowest BCUT2D eigenvalue weighted by Gasteiger charge is -2.25. The van der Waals surface area contributed by atoms with Crippen molar-refractivity contribution in [1.82, 2.24) is 0 Å². The first-order valence-corrected chi connectivity index (χ1v) is 9.12. The standard InChI is InChI=1S/C21H27N3O3/c1-3-4-14-24(20(25)15-22)18-12-8-9-13-19(18)27-16-21(26)23(2)17-10-6-5-7-11-17/h5-13H,3-4,14-16,22H2,1-2H3. The number of nitrogens with two attached hydrogens (primary N) is 1. The Morgan fingerprint density at radius 1 is 1.00 bits per heavy atom. The van der Waals surface area contributed by atoms with Gasteiger partial charge in [0.1, 0.15) is 5.75 Å². The van der Waals surface area contributed by atoms with Crippen molar-refractivity contribution in [2.75, 3.05) is 36.5 Å². The number of likely N-dealkylation sites (N-methyl/N-ethyl adjacent to an activating group) is 1. The van der Waals surface area contributed by atoms with Gasteiger partial charge in [-0.3, -0.25) is 9.59 Å². The minimum Gasteiger partial charge on any atom is -0.482 e. The Kier molecular flexibility index (Phi) is 7.82. The summed E-state index contributed by atoms with van der Waals surface area (Å²) in [6.07, 6.45) is 1.81. The highest BCUT2D eigenvalue weighted by Crippen LogP contribution is 2.28. The van der Waals surface area contributed by atoms with Gasteiger partial charge in [0.15, 0.2) is 6.61 Å². The van der Waals surface area contributed by atoms with Crippen molar-refractivity contribution < 1.29 is 14.3 Å². The van der Waals surface area contributed by atoms with Crippen LogP contribution in [0.5, 0.6) is 5.75 Å². The summed E-state index contributed by atoms with van der Waals surface area (Å²) in [5.74, 6) is 0.138. The van der Waals surface area contributed by atoms with Crippen molar-refractivity contribution >= 4 is 23.2 Å². The fourth-order valence-electron chi connectivity index (χ4n) is 2.64. The van der Waals surface area contributed by atoms with Crippen molar-refractivity contribution in [1.29, 1.82) is 0 Å². The van der Waals surface area contributed by atoms with Gasteiger partial charge in [0, 0.05) is 19.3 Å². The molecule has 0 saturated carbocycles. The second kappa shape index (κ2) is 10.3. The number of carbonyl (C=O) groups excluding carboxylic acids is 2. The first-order valence-electron chi connectivity index (χ1n) is 9.12. The quantitative estimate of drug-likeness (QED) is 0.737. The van der Waals surface area contributed by atoms with Crippen LogP contribution in [0.15, 0.2) is 54.6 Å². The molecule has 144 valence electrons. The van der Waals surface area contributed by atoms with Crippen LogP contribution in [0.25, 0.3) is 0 Å². The van der Waals surface area contributed by atoms with Gasteiger partial charge in [-0.1, -0.05) is 43.7 Å². The van der Waals surface area contributed by atoms with Crippen molar-refractivity contribution in [2.45, 2.75) is 19.8 Å². The molecule has 0 fully saturated rings. The average Bonchev–Trinajstić information content (AvgIpc) is 2.72. The Hall–Kier alpha value is -2.86. The molecule has 0 aliphatic carbocycles. The second-order valence-corrected chi connectivity index (χ2v) is 6.15. The molecule has 0 saturated heterocycles. The van der Waals surface area contributed by atoms with E-state index in [2.05, 4.69) is 6.92 Å². The second-order valence-electron chi connectivity index (χ2n) is 6.15. The number of hydrogen-bond donors (Lipinski definition) is 1. The van der Waals surface area contributed by atoms with Crippen LogP contribution in [0, 0.1) is 0 Å². The van der Waals surface area contributed by atoms with Gasteiger partial charge in [-0.15, -0.1) is 0 Å². The van der Waals surface area contributed by atoms with Crippen molar-refractivity contribution in [2.24, 2.45) is 5.73 Å². The van der Waals surface area contributed by atoms with E-state index < -0.39 is 0 Å². The van der Waals surface area contributed by atoms with E-state index in [1.54, 1.807) is 22.9 Å². The lowest BCUT2D eigenvalue weighted by atomic mass is 10.2. The number of nitrogens with zero attached hydrogens (tertiary/aromatic N) is 2. The average molecular weight is 369 g/mol. The number of benzene rings is 2. The summed E-state index contributed by atoms with van der Waals surface area (Å²) in [6, 6.07) is 16.6. The van der Waals surface area contributed by atoms with E-state index in [-0.39, 0.29) is 25.0 Å². The van der Waals surface area contributed by atoms with Crippen LogP contribution in [0.2, 0.25) is 0 Å². The molecule has 0 spiro atoms. The molecule has 2 N–H and O–H groups in total. The summed E-state index contributed by atoms with van der Waals surface area (Å²) in [5, 5.41) is 0. The number of carbonyl (C=O) groups is 2. The molecule has 0 radical (unpaired) electrons. The Labute approximate surface area is 160 Å². The number of ether oxygens (including phenoxy) is 1. The maximum atomic E-state index is 12.5. The minimum atomic E-state index is -0.179. The van der Waals surface area contributed by atoms with Crippen molar-refractivity contribution in [3.63, 3.8) is 0 Å². The molecule has 0 aliphatic rings. The van der Waals surface area contributed by atoms with Crippen LogP contribution >= 0.6 is 0 Å². The van der Waals surface area contributed by atoms with E-state index in [1.165, 1.54) is 0 Å². The lowest BCUT2D eigenvalue weighted by molar-refractivity contribution is -0.120. The summed E-state index contributed by atoms with van der Waals surface area (Å²) in [4.78, 5) is 27.9. The molecule has 2 aromatic rings. The van der Waals surface area contributed by atoms with Crippen LogP contribution in [-0.2, 0) is 9.59 Å². The minimum absolute atomic E-state index is 0.0757. The van der Waals surface area contributed by atoms with Crippen molar-refractivity contribution in [3.05, 3.63) is 54.6 Å². The summed E-state index contributed by atoms with van der Waals surface area (Å²) in [5.41, 5.74) is 7.00. The van der Waals surface area contributed by atoms with Crippen molar-refractivity contribution in [3.8, 4) is 5.75 Å².